The zero-order chi connectivity index (χ0) is 7.35. The number of rotatable bonds is 0. The largest absolute Gasteiger partial charge is 0.305 e. The Labute approximate surface area is 85.7 Å². The zero-order valence-electron chi connectivity index (χ0n) is 5.03. The maximum Gasteiger partial charge on any atom is 0.130 e. The summed E-state index contributed by atoms with van der Waals surface area (Å²) in [5.41, 5.74) is 0.817. The normalized spacial score (nSPS) is 52.4. The first-order valence-electron chi connectivity index (χ1n) is 2.95. The summed E-state index contributed by atoms with van der Waals surface area (Å²) in [5.74, 6) is 1.03. The Morgan fingerprint density at radius 3 is 2.70 bits per heavy atom. The number of hydrogen-bond acceptors (Lipinski definition) is 3. The maximum atomic E-state index is 7.72. The van der Waals surface area contributed by atoms with Gasteiger partial charge in [0.15, 0.2) is 0 Å². The molecule has 0 aromatic rings. The predicted octanol–water partition coefficient (Wildman–Crippen LogP) is 1.58. The van der Waals surface area contributed by atoms with Crippen molar-refractivity contribution < 1.29 is 0 Å². The average molecular weight is 333 g/mol. The average Bonchev–Trinajstić information content (AvgIpc) is 2.48. The minimum atomic E-state index is 0.0225. The lowest BCUT2D eigenvalue weighted by Gasteiger charge is -2.02. The molecule has 0 aliphatic carbocycles. The Bertz CT molecular complexity index is 200. The smallest absolute Gasteiger partial charge is 0.130 e. The lowest BCUT2D eigenvalue weighted by Crippen LogP contribution is -2.23. The van der Waals surface area contributed by atoms with Gasteiger partial charge >= 0.3 is 0 Å². The molecule has 0 radical (unpaired) electrons. The fourth-order valence-corrected chi connectivity index (χ4v) is 4.78. The van der Waals surface area contributed by atoms with Crippen LogP contribution >= 0.6 is 50.3 Å². The van der Waals surface area contributed by atoms with E-state index in [1.54, 1.807) is 0 Å². The van der Waals surface area contributed by atoms with Crippen molar-refractivity contribution in [2.75, 3.05) is 5.75 Å². The van der Waals surface area contributed by atoms with E-state index in [-0.39, 0.29) is 4.87 Å². The summed E-state index contributed by atoms with van der Waals surface area (Å²) in [4.78, 5) is 0.319. The molecule has 56 valence electrons. The van der Waals surface area contributed by atoms with Crippen LogP contribution in [0.3, 0.4) is 0 Å². The van der Waals surface area contributed by atoms with Crippen LogP contribution in [0.15, 0.2) is 0 Å². The van der Waals surface area contributed by atoms with Crippen LogP contribution in [0.4, 0.5) is 0 Å². The molecule has 2 heterocycles. The van der Waals surface area contributed by atoms with Gasteiger partial charge < -0.3 is 5.41 Å². The molecule has 2 saturated heterocycles. The van der Waals surface area contributed by atoms with E-state index < -0.39 is 0 Å². The number of alkyl halides is 2. The molecule has 0 aromatic heterocycles. The lowest BCUT2D eigenvalue weighted by atomic mass is 10.2. The van der Waals surface area contributed by atoms with E-state index in [0.717, 1.165) is 11.5 Å². The lowest BCUT2D eigenvalue weighted by molar-refractivity contribution is 1.15. The highest BCUT2D eigenvalue weighted by molar-refractivity contribution is 14.1. The molecule has 2 aliphatic rings. The first-order valence-corrected chi connectivity index (χ1v) is 6.10. The highest BCUT2D eigenvalue weighted by atomic mass is 127. The standard InChI is InChI=1S/C5H6BrIN2S/c6-2-1-10-5(3(2)8)4(7)9-5/h2,4,8-9H,1H2. The Hall–Kier alpha value is 1.19. The van der Waals surface area contributed by atoms with Crippen molar-refractivity contribution in [3.05, 3.63) is 0 Å². The second-order valence-electron chi connectivity index (χ2n) is 2.43. The van der Waals surface area contributed by atoms with Crippen LogP contribution in [0.2, 0.25) is 0 Å². The quantitative estimate of drug-likeness (QED) is 0.306. The topological polar surface area (TPSA) is 45.8 Å². The van der Waals surface area contributed by atoms with Gasteiger partial charge in [0.25, 0.3) is 0 Å². The minimum absolute atomic E-state index is 0.0225. The number of thioether (sulfide) groups is 1. The Kier molecular flexibility index (Phi) is 1.83. The molecule has 2 N–H and O–H groups in total. The van der Waals surface area contributed by atoms with Crippen LogP contribution in [-0.4, -0.2) is 25.2 Å². The van der Waals surface area contributed by atoms with Gasteiger partial charge in [-0.25, -0.2) is 0 Å². The van der Waals surface area contributed by atoms with Crippen molar-refractivity contribution in [3.8, 4) is 0 Å². The van der Waals surface area contributed by atoms with Gasteiger partial charge in [-0.05, 0) is 0 Å². The van der Waals surface area contributed by atoms with Crippen LogP contribution in [0.25, 0.3) is 0 Å². The molecule has 2 fully saturated rings. The van der Waals surface area contributed by atoms with E-state index in [1.807, 2.05) is 11.8 Å². The molecule has 2 rings (SSSR count). The molecule has 0 saturated carbocycles. The highest BCUT2D eigenvalue weighted by Gasteiger charge is 2.61. The first kappa shape index (κ1) is 7.82. The molecule has 3 unspecified atom stereocenters. The van der Waals surface area contributed by atoms with Crippen molar-refractivity contribution in [3.63, 3.8) is 0 Å². The number of hydrogen-bond donors (Lipinski definition) is 2. The summed E-state index contributed by atoms with van der Waals surface area (Å²) < 4.78 is 0.477. The fraction of sp³-hybridized carbons (Fsp3) is 0.800. The van der Waals surface area contributed by atoms with Crippen LogP contribution in [0.1, 0.15) is 0 Å². The van der Waals surface area contributed by atoms with Gasteiger partial charge in [0.2, 0.25) is 0 Å². The van der Waals surface area contributed by atoms with E-state index >= 15 is 0 Å². The van der Waals surface area contributed by atoms with Crippen molar-refractivity contribution in [2.24, 2.45) is 0 Å². The van der Waals surface area contributed by atoms with E-state index in [9.17, 15) is 0 Å². The molecular formula is C5H6BrIN2S. The van der Waals surface area contributed by atoms with Gasteiger partial charge in [0.1, 0.15) is 4.87 Å². The third-order valence-electron chi connectivity index (χ3n) is 1.79. The van der Waals surface area contributed by atoms with Crippen LogP contribution in [0.5, 0.6) is 0 Å². The summed E-state index contributed by atoms with van der Waals surface area (Å²) >= 11 is 7.64. The van der Waals surface area contributed by atoms with Crippen molar-refractivity contribution >= 4 is 56.0 Å². The van der Waals surface area contributed by atoms with Gasteiger partial charge in [0.05, 0.1) is 14.6 Å². The molecule has 0 bridgehead atoms. The van der Waals surface area contributed by atoms with E-state index in [1.165, 1.54) is 0 Å². The second kappa shape index (κ2) is 2.34. The molecule has 3 atom stereocenters. The zero-order valence-corrected chi connectivity index (χ0v) is 9.59. The maximum absolute atomic E-state index is 7.72. The molecule has 5 heteroatoms. The highest BCUT2D eigenvalue weighted by Crippen LogP contribution is 2.50. The van der Waals surface area contributed by atoms with Crippen molar-refractivity contribution in [2.45, 2.75) is 13.7 Å². The Balaban J connectivity index is 2.21. The molecule has 0 amide bonds. The Morgan fingerprint density at radius 1 is 1.90 bits per heavy atom. The van der Waals surface area contributed by atoms with Crippen LogP contribution in [-0.2, 0) is 0 Å². The van der Waals surface area contributed by atoms with Gasteiger partial charge in [-0.3, -0.25) is 5.32 Å². The van der Waals surface area contributed by atoms with Gasteiger partial charge in [0, 0.05) is 5.75 Å². The molecule has 2 aliphatic heterocycles. The fourth-order valence-electron chi connectivity index (χ4n) is 1.07. The van der Waals surface area contributed by atoms with E-state index in [0.29, 0.717) is 8.88 Å². The molecule has 0 aromatic carbocycles. The molecule has 2 nitrogen and oxygen atoms in total. The van der Waals surface area contributed by atoms with Crippen LogP contribution in [0, 0.1) is 5.41 Å². The Morgan fingerprint density at radius 2 is 2.50 bits per heavy atom. The summed E-state index contributed by atoms with van der Waals surface area (Å²) in [5, 5.41) is 11.0. The van der Waals surface area contributed by atoms with Gasteiger partial charge in [-0.15, -0.1) is 11.8 Å². The van der Waals surface area contributed by atoms with Crippen molar-refractivity contribution in [1.29, 1.82) is 5.41 Å². The minimum Gasteiger partial charge on any atom is -0.305 e. The monoisotopic (exact) mass is 332 g/mol. The first-order chi connectivity index (χ1) is 4.67. The van der Waals surface area contributed by atoms with Crippen LogP contribution < -0.4 is 5.32 Å². The second-order valence-corrected chi connectivity index (χ2v) is 6.05. The predicted molar refractivity (Wildman–Crippen MR) is 56.6 cm³/mol. The summed E-state index contributed by atoms with van der Waals surface area (Å²) in [7, 11) is 0. The summed E-state index contributed by atoms with van der Waals surface area (Å²) in [6.07, 6.45) is 0. The van der Waals surface area contributed by atoms with E-state index in [4.69, 9.17) is 5.41 Å². The van der Waals surface area contributed by atoms with Gasteiger partial charge in [-0.1, -0.05) is 38.5 Å². The number of nitrogens with one attached hydrogen (secondary N) is 2. The molecular weight excluding hydrogens is 327 g/mol. The van der Waals surface area contributed by atoms with E-state index in [2.05, 4.69) is 43.8 Å². The van der Waals surface area contributed by atoms with Crippen molar-refractivity contribution in [1.82, 2.24) is 5.32 Å². The SMILES string of the molecule is N=C1C(Br)CSC12NC2I. The third kappa shape index (κ3) is 0.899. The summed E-state index contributed by atoms with van der Waals surface area (Å²) in [6.45, 7) is 0. The molecule has 1 spiro atoms. The third-order valence-corrected chi connectivity index (χ3v) is 6.19. The number of halogens is 2. The molecule has 10 heavy (non-hydrogen) atoms. The summed E-state index contributed by atoms with van der Waals surface area (Å²) in [6, 6.07) is 0. The van der Waals surface area contributed by atoms with Gasteiger partial charge in [-0.2, -0.15) is 0 Å².